The van der Waals surface area contributed by atoms with Crippen LogP contribution in [0.2, 0.25) is 0 Å². The zero-order chi connectivity index (χ0) is 12.7. The third-order valence-corrected chi connectivity index (χ3v) is 2.07. The number of hydrogen-bond acceptors (Lipinski definition) is 3. The Morgan fingerprint density at radius 1 is 1.35 bits per heavy atom. The third-order valence-electron chi connectivity index (χ3n) is 2.07. The normalized spacial score (nSPS) is 11.6. The van der Waals surface area contributed by atoms with Gasteiger partial charge in [-0.15, -0.1) is 0 Å². The molecule has 0 amide bonds. The second kappa shape index (κ2) is 6.68. The number of aliphatic carboxylic acids is 1. The minimum absolute atomic E-state index is 0.408. The van der Waals surface area contributed by atoms with Crippen LogP contribution < -0.4 is 0 Å². The van der Waals surface area contributed by atoms with Gasteiger partial charge < -0.3 is 9.94 Å². The van der Waals surface area contributed by atoms with Crippen LogP contribution in [0.3, 0.4) is 0 Å². The zero-order valence-corrected chi connectivity index (χ0v) is 10.1. The van der Waals surface area contributed by atoms with E-state index in [1.165, 1.54) is 0 Å². The lowest BCUT2D eigenvalue weighted by Gasteiger charge is -2.08. The van der Waals surface area contributed by atoms with Crippen molar-refractivity contribution in [1.82, 2.24) is 0 Å². The third kappa shape index (κ3) is 5.15. The molecule has 0 heterocycles. The molecule has 1 aromatic carbocycles. The number of carboxylic acid groups (broad SMARTS) is 1. The molecular weight excluding hydrogens is 218 g/mol. The maximum absolute atomic E-state index is 10.3. The first-order valence-electron chi connectivity index (χ1n) is 5.55. The molecule has 0 saturated heterocycles. The average Bonchev–Trinajstić information content (AvgIpc) is 2.28. The maximum Gasteiger partial charge on any atom is 0.344 e. The molecule has 0 atom stereocenters. The second-order valence-corrected chi connectivity index (χ2v) is 4.17. The fourth-order valence-electron chi connectivity index (χ4n) is 1.39. The van der Waals surface area contributed by atoms with Crippen LogP contribution in [0.4, 0.5) is 0 Å². The topological polar surface area (TPSA) is 58.9 Å². The summed E-state index contributed by atoms with van der Waals surface area (Å²) < 4.78 is 0. The molecular formula is C13H17NO3. The fraction of sp³-hybridized carbons (Fsp3) is 0.385. The SMILES string of the molecule is CC(C)CC(=NOCC(=O)O)c1ccccc1. The van der Waals surface area contributed by atoms with Crippen molar-refractivity contribution in [3.63, 3.8) is 0 Å². The van der Waals surface area contributed by atoms with Crippen molar-refractivity contribution >= 4 is 11.7 Å². The van der Waals surface area contributed by atoms with E-state index >= 15 is 0 Å². The predicted molar refractivity (Wildman–Crippen MR) is 66.0 cm³/mol. The summed E-state index contributed by atoms with van der Waals surface area (Å²) in [6, 6.07) is 9.63. The van der Waals surface area contributed by atoms with E-state index in [-0.39, 0.29) is 0 Å². The molecule has 0 aromatic heterocycles. The summed E-state index contributed by atoms with van der Waals surface area (Å²) >= 11 is 0. The van der Waals surface area contributed by atoms with Crippen LogP contribution in [-0.4, -0.2) is 23.4 Å². The van der Waals surface area contributed by atoms with Gasteiger partial charge in [-0.05, 0) is 17.9 Å². The van der Waals surface area contributed by atoms with Crippen molar-refractivity contribution in [2.45, 2.75) is 20.3 Å². The molecule has 1 rings (SSSR count). The number of carbonyl (C=O) groups is 1. The summed E-state index contributed by atoms with van der Waals surface area (Å²) in [5.74, 6) is -0.590. The van der Waals surface area contributed by atoms with Gasteiger partial charge >= 0.3 is 5.97 Å². The first-order chi connectivity index (χ1) is 8.09. The molecule has 0 spiro atoms. The van der Waals surface area contributed by atoms with Crippen LogP contribution in [0, 0.1) is 5.92 Å². The molecule has 17 heavy (non-hydrogen) atoms. The number of oxime groups is 1. The van der Waals surface area contributed by atoms with Gasteiger partial charge in [0, 0.05) is 0 Å². The molecule has 1 aromatic rings. The fourth-order valence-corrected chi connectivity index (χ4v) is 1.39. The molecule has 0 radical (unpaired) electrons. The van der Waals surface area contributed by atoms with Crippen LogP contribution in [-0.2, 0) is 9.63 Å². The van der Waals surface area contributed by atoms with Gasteiger partial charge in [0.1, 0.15) is 0 Å². The lowest BCUT2D eigenvalue weighted by atomic mass is 10.0. The minimum atomic E-state index is -1.02. The van der Waals surface area contributed by atoms with E-state index in [4.69, 9.17) is 9.94 Å². The highest BCUT2D eigenvalue weighted by molar-refractivity contribution is 6.00. The first kappa shape index (κ1) is 13.2. The van der Waals surface area contributed by atoms with Crippen LogP contribution in [0.15, 0.2) is 35.5 Å². The molecule has 0 aliphatic heterocycles. The summed E-state index contributed by atoms with van der Waals surface area (Å²) in [6.45, 7) is 3.75. The van der Waals surface area contributed by atoms with E-state index in [0.717, 1.165) is 17.7 Å². The molecule has 92 valence electrons. The summed E-state index contributed by atoms with van der Waals surface area (Å²) in [5.41, 5.74) is 1.74. The van der Waals surface area contributed by atoms with Crippen molar-refractivity contribution in [2.24, 2.45) is 11.1 Å². The van der Waals surface area contributed by atoms with Gasteiger partial charge in [0.25, 0.3) is 0 Å². The van der Waals surface area contributed by atoms with Gasteiger partial charge in [0.15, 0.2) is 0 Å². The summed E-state index contributed by atoms with van der Waals surface area (Å²) in [5, 5.41) is 12.4. The highest BCUT2D eigenvalue weighted by atomic mass is 16.6. The number of benzene rings is 1. The summed E-state index contributed by atoms with van der Waals surface area (Å²) in [7, 11) is 0. The predicted octanol–water partition coefficient (Wildman–Crippen LogP) is 2.54. The standard InChI is InChI=1S/C13H17NO3/c1-10(2)8-12(14-17-9-13(15)16)11-6-4-3-5-7-11/h3-7,10H,8-9H2,1-2H3,(H,15,16). The molecule has 0 fully saturated rings. The molecule has 0 aliphatic carbocycles. The second-order valence-electron chi connectivity index (χ2n) is 4.17. The van der Waals surface area contributed by atoms with Gasteiger partial charge in [-0.2, -0.15) is 0 Å². The number of carboxylic acids is 1. The van der Waals surface area contributed by atoms with Crippen molar-refractivity contribution < 1.29 is 14.7 Å². The van der Waals surface area contributed by atoms with E-state index in [2.05, 4.69) is 19.0 Å². The Morgan fingerprint density at radius 3 is 2.53 bits per heavy atom. The molecule has 4 heteroatoms. The highest BCUT2D eigenvalue weighted by Crippen LogP contribution is 2.10. The Hall–Kier alpha value is -1.84. The lowest BCUT2D eigenvalue weighted by molar-refractivity contribution is -0.142. The van der Waals surface area contributed by atoms with E-state index in [1.807, 2.05) is 30.3 Å². The minimum Gasteiger partial charge on any atom is -0.479 e. The Morgan fingerprint density at radius 2 is 2.00 bits per heavy atom. The van der Waals surface area contributed by atoms with E-state index in [1.54, 1.807) is 0 Å². The molecule has 0 saturated carbocycles. The highest BCUT2D eigenvalue weighted by Gasteiger charge is 2.07. The van der Waals surface area contributed by atoms with E-state index in [9.17, 15) is 4.79 Å². The van der Waals surface area contributed by atoms with Crippen LogP contribution in [0.5, 0.6) is 0 Å². The Kier molecular flexibility index (Phi) is 5.20. The van der Waals surface area contributed by atoms with Gasteiger partial charge in [-0.3, -0.25) is 0 Å². The molecule has 4 nitrogen and oxygen atoms in total. The van der Waals surface area contributed by atoms with Crippen LogP contribution in [0.1, 0.15) is 25.8 Å². The quantitative estimate of drug-likeness (QED) is 0.609. The Labute approximate surface area is 101 Å². The monoisotopic (exact) mass is 235 g/mol. The Balaban J connectivity index is 2.77. The zero-order valence-electron chi connectivity index (χ0n) is 10.1. The van der Waals surface area contributed by atoms with E-state index < -0.39 is 12.6 Å². The molecule has 1 N–H and O–H groups in total. The van der Waals surface area contributed by atoms with Gasteiger partial charge in [0.05, 0.1) is 5.71 Å². The largest absolute Gasteiger partial charge is 0.479 e. The van der Waals surface area contributed by atoms with Crippen molar-refractivity contribution in [3.05, 3.63) is 35.9 Å². The molecule has 0 unspecified atom stereocenters. The number of rotatable bonds is 6. The van der Waals surface area contributed by atoms with Crippen molar-refractivity contribution in [1.29, 1.82) is 0 Å². The van der Waals surface area contributed by atoms with Gasteiger partial charge in [-0.1, -0.05) is 49.3 Å². The number of nitrogens with zero attached hydrogens (tertiary/aromatic N) is 1. The van der Waals surface area contributed by atoms with Crippen molar-refractivity contribution in [3.8, 4) is 0 Å². The van der Waals surface area contributed by atoms with Crippen LogP contribution in [0.25, 0.3) is 0 Å². The lowest BCUT2D eigenvalue weighted by Crippen LogP contribution is -2.09. The van der Waals surface area contributed by atoms with Gasteiger partial charge in [0.2, 0.25) is 6.61 Å². The maximum atomic E-state index is 10.3. The summed E-state index contributed by atoms with van der Waals surface area (Å²) in [4.78, 5) is 15.1. The number of hydrogen-bond donors (Lipinski definition) is 1. The smallest absolute Gasteiger partial charge is 0.344 e. The average molecular weight is 235 g/mol. The summed E-state index contributed by atoms with van der Waals surface area (Å²) in [6.07, 6.45) is 0.754. The van der Waals surface area contributed by atoms with Crippen LogP contribution >= 0.6 is 0 Å². The molecule has 0 bridgehead atoms. The van der Waals surface area contributed by atoms with Gasteiger partial charge in [-0.25, -0.2) is 4.79 Å². The Bertz CT molecular complexity index is 385. The van der Waals surface area contributed by atoms with E-state index in [0.29, 0.717) is 5.92 Å². The molecule has 0 aliphatic rings. The van der Waals surface area contributed by atoms with Crippen molar-refractivity contribution in [2.75, 3.05) is 6.61 Å². The first-order valence-corrected chi connectivity index (χ1v) is 5.55.